The molecule has 0 unspecified atom stereocenters. The van der Waals surface area contributed by atoms with Crippen LogP contribution in [0.2, 0.25) is 0 Å². The summed E-state index contributed by atoms with van der Waals surface area (Å²) in [6.45, 7) is 13.2. The molecule has 1 aromatic carbocycles. The standard InChI is InChI=1S/C16H14N2O2/c1-8-5-13(17-4)18-11-6-10-12(7-9(8)11)20-16(2,3)15-14(10)19-15/h5-7,14-15H,1-3H3/t14-,15-/m1/s1. The molecular formula is C16H14N2O2. The van der Waals surface area contributed by atoms with E-state index in [0.717, 1.165) is 27.8 Å². The van der Waals surface area contributed by atoms with E-state index in [1.54, 1.807) is 0 Å². The zero-order valence-corrected chi connectivity index (χ0v) is 11.6. The lowest BCUT2D eigenvalue weighted by Gasteiger charge is -2.29. The van der Waals surface area contributed by atoms with Crippen molar-refractivity contribution in [1.29, 1.82) is 0 Å². The Morgan fingerprint density at radius 3 is 2.85 bits per heavy atom. The first kappa shape index (κ1) is 11.7. The van der Waals surface area contributed by atoms with Crippen LogP contribution in [0.1, 0.15) is 31.1 Å². The van der Waals surface area contributed by atoms with Gasteiger partial charge in [0.2, 0.25) is 0 Å². The van der Waals surface area contributed by atoms with Crippen molar-refractivity contribution in [3.63, 3.8) is 0 Å². The summed E-state index contributed by atoms with van der Waals surface area (Å²) in [6.07, 6.45) is 0.231. The Morgan fingerprint density at radius 2 is 2.10 bits per heavy atom. The van der Waals surface area contributed by atoms with Gasteiger partial charge in [-0.05, 0) is 44.5 Å². The molecule has 2 aliphatic heterocycles. The number of benzene rings is 1. The van der Waals surface area contributed by atoms with Crippen LogP contribution in [0.15, 0.2) is 18.2 Å². The van der Waals surface area contributed by atoms with Gasteiger partial charge in [-0.25, -0.2) is 0 Å². The van der Waals surface area contributed by atoms with Gasteiger partial charge in [-0.15, -0.1) is 4.98 Å². The van der Waals surface area contributed by atoms with E-state index in [2.05, 4.69) is 23.7 Å². The molecule has 100 valence electrons. The summed E-state index contributed by atoms with van der Waals surface area (Å²) < 4.78 is 11.8. The van der Waals surface area contributed by atoms with Gasteiger partial charge in [-0.3, -0.25) is 0 Å². The fourth-order valence-corrected chi connectivity index (χ4v) is 3.01. The Morgan fingerprint density at radius 1 is 1.30 bits per heavy atom. The average Bonchev–Trinajstić information content (AvgIpc) is 3.18. The lowest BCUT2D eigenvalue weighted by atomic mass is 9.93. The number of hydrogen-bond acceptors (Lipinski definition) is 3. The maximum atomic E-state index is 7.12. The highest BCUT2D eigenvalue weighted by atomic mass is 16.6. The average molecular weight is 266 g/mol. The highest BCUT2D eigenvalue weighted by molar-refractivity contribution is 5.86. The first-order valence-corrected chi connectivity index (χ1v) is 6.67. The van der Waals surface area contributed by atoms with Crippen molar-refractivity contribution in [2.75, 3.05) is 0 Å². The van der Waals surface area contributed by atoms with Gasteiger partial charge in [0.1, 0.15) is 23.6 Å². The smallest absolute Gasteiger partial charge is 0.270 e. The van der Waals surface area contributed by atoms with Crippen molar-refractivity contribution < 1.29 is 9.47 Å². The summed E-state index contributed by atoms with van der Waals surface area (Å²) >= 11 is 0. The van der Waals surface area contributed by atoms with Crippen LogP contribution >= 0.6 is 0 Å². The Kier molecular flexibility index (Phi) is 2.04. The van der Waals surface area contributed by atoms with Crippen LogP contribution in [0.3, 0.4) is 0 Å². The summed E-state index contributed by atoms with van der Waals surface area (Å²) in [5.41, 5.74) is 2.65. The predicted octanol–water partition coefficient (Wildman–Crippen LogP) is 3.70. The quantitative estimate of drug-likeness (QED) is 0.539. The molecule has 1 saturated heterocycles. The maximum absolute atomic E-state index is 7.12. The van der Waals surface area contributed by atoms with Gasteiger partial charge in [-0.1, -0.05) is 6.57 Å². The fourth-order valence-electron chi connectivity index (χ4n) is 3.01. The van der Waals surface area contributed by atoms with Crippen molar-refractivity contribution in [2.24, 2.45) is 0 Å². The van der Waals surface area contributed by atoms with Gasteiger partial charge in [0.25, 0.3) is 5.82 Å². The second-order valence-electron chi connectivity index (χ2n) is 6.00. The molecule has 1 fully saturated rings. The lowest BCUT2D eigenvalue weighted by molar-refractivity contribution is 0.0727. The molecule has 0 bridgehead atoms. The number of fused-ring (bicyclic) bond motifs is 4. The van der Waals surface area contributed by atoms with Crippen LogP contribution in [0.5, 0.6) is 5.75 Å². The molecule has 0 saturated carbocycles. The third-order valence-electron chi connectivity index (χ3n) is 4.10. The number of nitrogens with zero attached hydrogens (tertiary/aromatic N) is 2. The third-order valence-corrected chi connectivity index (χ3v) is 4.10. The van der Waals surface area contributed by atoms with E-state index >= 15 is 0 Å². The largest absolute Gasteiger partial charge is 0.485 e. The minimum absolute atomic E-state index is 0.108. The van der Waals surface area contributed by atoms with Gasteiger partial charge >= 0.3 is 0 Å². The van der Waals surface area contributed by atoms with E-state index in [0.29, 0.717) is 5.82 Å². The van der Waals surface area contributed by atoms with Crippen LogP contribution in [0.4, 0.5) is 5.82 Å². The molecule has 4 heteroatoms. The molecule has 3 heterocycles. The van der Waals surface area contributed by atoms with Crippen molar-refractivity contribution in [3.8, 4) is 5.75 Å². The van der Waals surface area contributed by atoms with E-state index < -0.39 is 0 Å². The van der Waals surface area contributed by atoms with E-state index in [-0.39, 0.29) is 17.8 Å². The highest BCUT2D eigenvalue weighted by Crippen LogP contribution is 2.54. The van der Waals surface area contributed by atoms with E-state index in [1.807, 2.05) is 25.1 Å². The van der Waals surface area contributed by atoms with E-state index in [4.69, 9.17) is 16.0 Å². The number of aryl methyl sites for hydroxylation is 1. The summed E-state index contributed by atoms with van der Waals surface area (Å²) in [4.78, 5) is 7.81. The molecular weight excluding hydrogens is 252 g/mol. The van der Waals surface area contributed by atoms with Crippen LogP contribution < -0.4 is 4.74 Å². The molecule has 2 atom stereocenters. The SMILES string of the molecule is [C-]#[N+]c1cc(C)c2cc3c(cc2n1)[C@H]1O[C@H]1C(C)(C)O3. The Labute approximate surface area is 117 Å². The number of aromatic nitrogens is 1. The van der Waals surface area contributed by atoms with Gasteiger partial charge in [-0.2, -0.15) is 0 Å². The minimum Gasteiger partial charge on any atom is -0.485 e. The number of ether oxygens (including phenoxy) is 2. The third kappa shape index (κ3) is 1.47. The van der Waals surface area contributed by atoms with Gasteiger partial charge in [0.15, 0.2) is 5.52 Å². The molecule has 0 aliphatic carbocycles. The zero-order chi connectivity index (χ0) is 14.1. The number of epoxide rings is 1. The fraction of sp³-hybridized carbons (Fsp3) is 0.375. The highest BCUT2D eigenvalue weighted by Gasteiger charge is 2.56. The van der Waals surface area contributed by atoms with E-state index in [1.165, 1.54) is 0 Å². The summed E-state index contributed by atoms with van der Waals surface area (Å²) in [5.74, 6) is 1.31. The molecule has 20 heavy (non-hydrogen) atoms. The number of pyridine rings is 1. The van der Waals surface area contributed by atoms with E-state index in [9.17, 15) is 0 Å². The minimum atomic E-state index is -0.289. The van der Waals surface area contributed by atoms with Crippen molar-refractivity contribution in [3.05, 3.63) is 40.7 Å². The molecule has 4 nitrogen and oxygen atoms in total. The topological polar surface area (TPSA) is 39.0 Å². The van der Waals surface area contributed by atoms with Gasteiger partial charge in [0, 0.05) is 10.9 Å². The Bertz CT molecular complexity index is 789. The monoisotopic (exact) mass is 266 g/mol. The Balaban J connectivity index is 1.97. The normalized spacial score (nSPS) is 25.3. The Hall–Kier alpha value is -2.12. The molecule has 0 radical (unpaired) electrons. The van der Waals surface area contributed by atoms with Crippen molar-refractivity contribution in [2.45, 2.75) is 38.6 Å². The second-order valence-corrected chi connectivity index (χ2v) is 6.00. The molecule has 0 N–H and O–H groups in total. The lowest BCUT2D eigenvalue weighted by Crippen LogP contribution is -2.37. The molecule has 4 rings (SSSR count). The van der Waals surface area contributed by atoms with Crippen LogP contribution in [-0.2, 0) is 4.74 Å². The molecule has 1 aromatic heterocycles. The summed E-state index contributed by atoms with van der Waals surface area (Å²) in [5, 5.41) is 1.03. The van der Waals surface area contributed by atoms with Gasteiger partial charge in [0.05, 0.1) is 0 Å². The second kappa shape index (κ2) is 3.50. The molecule has 2 aromatic rings. The van der Waals surface area contributed by atoms with Crippen LogP contribution in [0, 0.1) is 13.5 Å². The van der Waals surface area contributed by atoms with Gasteiger partial charge < -0.3 is 14.3 Å². The molecule has 0 spiro atoms. The summed E-state index contributed by atoms with van der Waals surface area (Å²) in [6, 6.07) is 5.85. The molecule has 2 aliphatic rings. The number of rotatable bonds is 0. The summed E-state index contributed by atoms with van der Waals surface area (Å²) in [7, 11) is 0. The van der Waals surface area contributed by atoms with Crippen LogP contribution in [0.25, 0.3) is 15.7 Å². The van der Waals surface area contributed by atoms with Crippen molar-refractivity contribution in [1.82, 2.24) is 4.98 Å². The first-order chi connectivity index (χ1) is 9.49. The molecule has 0 amide bonds. The number of hydrogen-bond donors (Lipinski definition) is 0. The zero-order valence-electron chi connectivity index (χ0n) is 11.6. The predicted molar refractivity (Wildman–Crippen MR) is 75.1 cm³/mol. The van der Waals surface area contributed by atoms with Crippen LogP contribution in [-0.4, -0.2) is 16.7 Å². The first-order valence-electron chi connectivity index (χ1n) is 6.67. The van der Waals surface area contributed by atoms with Crippen molar-refractivity contribution >= 4 is 16.7 Å². The maximum Gasteiger partial charge on any atom is 0.270 e.